The third-order valence-electron chi connectivity index (χ3n) is 5.73. The van der Waals surface area contributed by atoms with Gasteiger partial charge in [0.25, 0.3) is 11.1 Å². The van der Waals surface area contributed by atoms with Gasteiger partial charge in [0.1, 0.15) is 18.2 Å². The Morgan fingerprint density at radius 2 is 1.56 bits per heavy atom. The van der Waals surface area contributed by atoms with Gasteiger partial charge < -0.3 is 4.74 Å². The Kier molecular flexibility index (Phi) is 7.27. The van der Waals surface area contributed by atoms with Crippen LogP contribution in [-0.4, -0.2) is 16.0 Å². The smallest absolute Gasteiger partial charge is 0.293 e. The molecule has 0 aliphatic carbocycles. The van der Waals surface area contributed by atoms with Crippen LogP contribution in [0.25, 0.3) is 16.8 Å². The Hall–Kier alpha value is -2.94. The maximum Gasteiger partial charge on any atom is 0.293 e. The van der Waals surface area contributed by atoms with Crippen molar-refractivity contribution in [1.29, 1.82) is 0 Å². The van der Waals surface area contributed by atoms with Crippen molar-refractivity contribution in [2.24, 2.45) is 0 Å². The van der Waals surface area contributed by atoms with Gasteiger partial charge in [0.2, 0.25) is 0 Å². The zero-order valence-corrected chi connectivity index (χ0v) is 22.7. The molecule has 180 valence electrons. The topological polar surface area (TPSA) is 46.6 Å². The summed E-state index contributed by atoms with van der Waals surface area (Å²) in [6, 6.07) is 23.8. The second-order valence-electron chi connectivity index (χ2n) is 8.10. The van der Waals surface area contributed by atoms with Gasteiger partial charge in [0, 0.05) is 5.56 Å². The molecule has 4 aromatic rings. The number of benzene rings is 4. The van der Waals surface area contributed by atoms with Crippen LogP contribution in [0, 0.1) is 5.82 Å². The van der Waals surface area contributed by atoms with Crippen molar-refractivity contribution in [3.8, 4) is 5.75 Å². The van der Waals surface area contributed by atoms with Crippen molar-refractivity contribution in [3.05, 3.63) is 115 Å². The number of carbonyl (C=O) groups is 2. The van der Waals surface area contributed by atoms with Crippen molar-refractivity contribution >= 4 is 71.6 Å². The van der Waals surface area contributed by atoms with Crippen LogP contribution in [-0.2, 0) is 17.9 Å². The molecule has 8 heteroatoms. The molecule has 1 aliphatic heterocycles. The minimum atomic E-state index is -0.333. The Bertz CT molecular complexity index is 1510. The average Bonchev–Trinajstić information content (AvgIpc) is 3.12. The van der Waals surface area contributed by atoms with E-state index >= 15 is 0 Å². The number of rotatable bonds is 6. The molecule has 0 spiro atoms. The number of imide groups is 1. The van der Waals surface area contributed by atoms with E-state index in [4.69, 9.17) is 4.74 Å². The third-order valence-corrected chi connectivity index (χ3v) is 7.82. The first-order valence-corrected chi connectivity index (χ1v) is 13.4. The van der Waals surface area contributed by atoms with Gasteiger partial charge in [-0.05, 0) is 89.8 Å². The number of thioether (sulfide) groups is 1. The third kappa shape index (κ3) is 5.12. The molecule has 4 nitrogen and oxygen atoms in total. The van der Waals surface area contributed by atoms with Crippen LogP contribution in [0.2, 0.25) is 0 Å². The summed E-state index contributed by atoms with van der Waals surface area (Å²) in [5, 5.41) is 1.77. The molecule has 1 fully saturated rings. The SMILES string of the molecule is O=C1S/C(=C/c2cc(Br)c(OCc3ccccc3F)c(Br)c2)C(=O)N1Cc1cccc2ccccc12. The molecular weight excluding hydrogens is 609 g/mol. The van der Waals surface area contributed by atoms with Crippen LogP contribution in [0.5, 0.6) is 5.75 Å². The number of halogens is 3. The molecular formula is C28H18Br2FNO3S. The largest absolute Gasteiger partial charge is 0.486 e. The summed E-state index contributed by atoms with van der Waals surface area (Å²) in [6.45, 7) is 0.274. The zero-order chi connectivity index (χ0) is 25.2. The summed E-state index contributed by atoms with van der Waals surface area (Å²) in [5.41, 5.74) is 2.07. The molecule has 0 saturated carbocycles. The lowest BCUT2D eigenvalue weighted by atomic mass is 10.0. The lowest BCUT2D eigenvalue weighted by Gasteiger charge is -2.14. The van der Waals surface area contributed by atoms with E-state index < -0.39 is 0 Å². The molecule has 0 aromatic heterocycles. The van der Waals surface area contributed by atoms with Crippen LogP contribution >= 0.6 is 43.6 Å². The van der Waals surface area contributed by atoms with E-state index in [1.807, 2.05) is 42.5 Å². The van der Waals surface area contributed by atoms with Gasteiger partial charge in [-0.3, -0.25) is 14.5 Å². The van der Waals surface area contributed by atoms with E-state index in [2.05, 4.69) is 31.9 Å². The quantitative estimate of drug-likeness (QED) is 0.202. The number of hydrogen-bond acceptors (Lipinski definition) is 4. The Morgan fingerprint density at radius 3 is 2.33 bits per heavy atom. The van der Waals surface area contributed by atoms with Gasteiger partial charge in [0.15, 0.2) is 0 Å². The molecule has 1 heterocycles. The number of amides is 2. The molecule has 2 amide bonds. The number of ether oxygens (including phenoxy) is 1. The lowest BCUT2D eigenvalue weighted by Crippen LogP contribution is -2.27. The molecule has 0 unspecified atom stereocenters. The standard InChI is InChI=1S/C28H18Br2FNO3S/c29-22-12-17(13-23(30)26(22)35-16-20-7-2-4-11-24(20)31)14-25-27(33)32(28(34)36-25)15-19-9-5-8-18-6-1-3-10-21(18)19/h1-14H,15-16H2/b25-14+. The lowest BCUT2D eigenvalue weighted by molar-refractivity contribution is -0.123. The first-order chi connectivity index (χ1) is 17.4. The minimum Gasteiger partial charge on any atom is -0.486 e. The van der Waals surface area contributed by atoms with E-state index in [9.17, 15) is 14.0 Å². The Balaban J connectivity index is 1.35. The number of nitrogens with zero attached hydrogens (tertiary/aromatic N) is 1. The van der Waals surface area contributed by atoms with Gasteiger partial charge in [-0.15, -0.1) is 0 Å². The van der Waals surface area contributed by atoms with Crippen molar-refractivity contribution in [3.63, 3.8) is 0 Å². The van der Waals surface area contributed by atoms with Crippen LogP contribution in [0.15, 0.2) is 92.7 Å². The fourth-order valence-corrected chi connectivity index (χ4v) is 6.24. The van der Waals surface area contributed by atoms with Crippen molar-refractivity contribution in [1.82, 2.24) is 4.90 Å². The van der Waals surface area contributed by atoms with Gasteiger partial charge in [0.05, 0.1) is 20.4 Å². The van der Waals surface area contributed by atoms with Gasteiger partial charge in [-0.2, -0.15) is 0 Å². The molecule has 4 aromatic carbocycles. The van der Waals surface area contributed by atoms with Crippen molar-refractivity contribution in [2.45, 2.75) is 13.2 Å². The summed E-state index contributed by atoms with van der Waals surface area (Å²) in [6.07, 6.45) is 1.68. The highest BCUT2D eigenvalue weighted by Crippen LogP contribution is 2.38. The second-order valence-corrected chi connectivity index (χ2v) is 10.8. The molecule has 1 aliphatic rings. The molecule has 0 N–H and O–H groups in total. The molecule has 36 heavy (non-hydrogen) atoms. The molecule has 0 bridgehead atoms. The maximum atomic E-state index is 13.9. The van der Waals surface area contributed by atoms with Crippen LogP contribution in [0.1, 0.15) is 16.7 Å². The fourth-order valence-electron chi connectivity index (χ4n) is 3.95. The van der Waals surface area contributed by atoms with E-state index in [1.54, 1.807) is 36.4 Å². The molecule has 0 radical (unpaired) electrons. The van der Waals surface area contributed by atoms with Crippen molar-refractivity contribution < 1.29 is 18.7 Å². The first kappa shape index (κ1) is 24.7. The van der Waals surface area contributed by atoms with E-state index in [-0.39, 0.29) is 30.1 Å². The summed E-state index contributed by atoms with van der Waals surface area (Å²) < 4.78 is 21.0. The maximum absolute atomic E-state index is 13.9. The monoisotopic (exact) mass is 625 g/mol. The van der Waals surface area contributed by atoms with Gasteiger partial charge in [-0.1, -0.05) is 60.7 Å². The normalized spacial score (nSPS) is 14.8. The molecule has 5 rings (SSSR count). The predicted molar refractivity (Wildman–Crippen MR) is 148 cm³/mol. The summed E-state index contributed by atoms with van der Waals surface area (Å²) >= 11 is 7.92. The van der Waals surface area contributed by atoms with Gasteiger partial charge in [-0.25, -0.2) is 4.39 Å². The van der Waals surface area contributed by atoms with Gasteiger partial charge >= 0.3 is 0 Å². The average molecular weight is 627 g/mol. The second kappa shape index (κ2) is 10.6. The first-order valence-electron chi connectivity index (χ1n) is 11.0. The highest BCUT2D eigenvalue weighted by atomic mass is 79.9. The van der Waals surface area contributed by atoms with Crippen molar-refractivity contribution in [2.75, 3.05) is 0 Å². The summed E-state index contributed by atoms with van der Waals surface area (Å²) in [4.78, 5) is 27.5. The number of carbonyl (C=O) groups excluding carboxylic acids is 2. The fraction of sp³-hybridized carbons (Fsp3) is 0.0714. The molecule has 0 atom stereocenters. The van der Waals surface area contributed by atoms with Crippen LogP contribution < -0.4 is 4.74 Å². The summed E-state index contributed by atoms with van der Waals surface area (Å²) in [7, 11) is 0. The zero-order valence-electron chi connectivity index (χ0n) is 18.7. The Labute approximate surface area is 228 Å². The van der Waals surface area contributed by atoms with E-state index in [1.165, 1.54) is 11.0 Å². The van der Waals surface area contributed by atoms with Crippen LogP contribution in [0.4, 0.5) is 9.18 Å². The highest BCUT2D eigenvalue weighted by Gasteiger charge is 2.35. The highest BCUT2D eigenvalue weighted by molar-refractivity contribution is 9.11. The predicted octanol–water partition coefficient (Wildman–Crippen LogP) is 8.32. The molecule has 1 saturated heterocycles. The number of hydrogen-bond donors (Lipinski definition) is 0. The number of fused-ring (bicyclic) bond motifs is 1. The Morgan fingerprint density at radius 1 is 0.889 bits per heavy atom. The summed E-state index contributed by atoms with van der Waals surface area (Å²) in [5.74, 6) is -0.148. The minimum absolute atomic E-state index is 0.0658. The van der Waals surface area contributed by atoms with Crippen LogP contribution in [0.3, 0.4) is 0 Å². The van der Waals surface area contributed by atoms with E-state index in [0.29, 0.717) is 30.7 Å². The van der Waals surface area contributed by atoms with E-state index in [0.717, 1.165) is 28.1 Å².